The number of Topliss-reactive ketones (excluding diaryl/α,β-unsaturated/α-hetero) is 2. The molecule has 216 valence electrons. The number of amides is 4. The Balaban J connectivity index is 3.10. The summed E-state index contributed by atoms with van der Waals surface area (Å²) >= 11 is 0. The van der Waals surface area contributed by atoms with E-state index in [0.29, 0.717) is 0 Å². The number of hydrogen-bond donors (Lipinski definition) is 3. The first-order valence-electron chi connectivity index (χ1n) is 13.0. The summed E-state index contributed by atoms with van der Waals surface area (Å²) in [5.74, 6) is -5.54. The highest BCUT2D eigenvalue weighted by atomic mass is 16.2. The maximum Gasteiger partial charge on any atom is 0.288 e. The summed E-state index contributed by atoms with van der Waals surface area (Å²) in [6.45, 7) is 12.4. The third-order valence-corrected chi connectivity index (χ3v) is 6.00. The van der Waals surface area contributed by atoms with E-state index in [9.17, 15) is 28.8 Å². The number of nitrogens with one attached hydrogen (secondary N) is 3. The lowest BCUT2D eigenvalue weighted by Gasteiger charge is -2.33. The SMILES string of the molecule is C[C@H](C(=O)C(=O)NCc1ccccc1)C(=O)[C@H](CC(=O)N(C)C)NC(=O)[C@@H](NC(=O)CC(C)(C)C)C(C)(C)C. The minimum absolute atomic E-state index is 0.104. The van der Waals surface area contributed by atoms with E-state index in [0.717, 1.165) is 5.56 Å². The van der Waals surface area contributed by atoms with Gasteiger partial charge in [-0.2, -0.15) is 0 Å². The molecule has 39 heavy (non-hydrogen) atoms. The molecule has 0 spiro atoms. The highest BCUT2D eigenvalue weighted by Gasteiger charge is 2.39. The van der Waals surface area contributed by atoms with Crippen molar-refractivity contribution in [2.24, 2.45) is 16.7 Å². The molecule has 0 aromatic heterocycles. The van der Waals surface area contributed by atoms with E-state index in [1.807, 2.05) is 26.8 Å². The van der Waals surface area contributed by atoms with Crippen LogP contribution in [0.2, 0.25) is 0 Å². The second kappa shape index (κ2) is 14.0. The van der Waals surface area contributed by atoms with Crippen molar-refractivity contribution < 1.29 is 28.8 Å². The van der Waals surface area contributed by atoms with Crippen molar-refractivity contribution in [1.82, 2.24) is 20.9 Å². The monoisotopic (exact) mass is 544 g/mol. The molecule has 0 unspecified atom stereocenters. The first kappa shape index (κ1) is 33.5. The van der Waals surface area contributed by atoms with Crippen LogP contribution in [0.1, 0.15) is 66.9 Å². The predicted molar refractivity (Wildman–Crippen MR) is 148 cm³/mol. The fourth-order valence-electron chi connectivity index (χ4n) is 3.70. The van der Waals surface area contributed by atoms with Gasteiger partial charge in [-0.05, 0) is 23.3 Å². The van der Waals surface area contributed by atoms with Crippen LogP contribution < -0.4 is 16.0 Å². The lowest BCUT2D eigenvalue weighted by Crippen LogP contribution is -2.58. The molecule has 1 aromatic rings. The van der Waals surface area contributed by atoms with Crippen LogP contribution in [0.5, 0.6) is 0 Å². The number of benzene rings is 1. The van der Waals surface area contributed by atoms with E-state index in [-0.39, 0.29) is 24.3 Å². The van der Waals surface area contributed by atoms with Crippen molar-refractivity contribution in [2.45, 2.75) is 79.9 Å². The molecular weight excluding hydrogens is 500 g/mol. The number of nitrogens with zero attached hydrogens (tertiary/aromatic N) is 1. The largest absolute Gasteiger partial charge is 0.349 e. The summed E-state index contributed by atoms with van der Waals surface area (Å²) in [6.07, 6.45) is -0.231. The molecule has 1 aromatic carbocycles. The molecule has 0 radical (unpaired) electrons. The Kier molecular flexibility index (Phi) is 12.0. The van der Waals surface area contributed by atoms with E-state index in [1.165, 1.54) is 25.9 Å². The van der Waals surface area contributed by atoms with Crippen LogP contribution in [0, 0.1) is 16.7 Å². The normalized spacial score (nSPS) is 13.9. The Bertz CT molecular complexity index is 1050. The van der Waals surface area contributed by atoms with Gasteiger partial charge in [0.25, 0.3) is 5.91 Å². The number of hydrogen-bond acceptors (Lipinski definition) is 6. The van der Waals surface area contributed by atoms with Gasteiger partial charge in [0, 0.05) is 27.1 Å². The van der Waals surface area contributed by atoms with Gasteiger partial charge >= 0.3 is 0 Å². The molecule has 0 bridgehead atoms. The topological polar surface area (TPSA) is 142 Å². The van der Waals surface area contributed by atoms with Crippen LogP contribution in [-0.4, -0.2) is 66.3 Å². The minimum Gasteiger partial charge on any atom is -0.349 e. The van der Waals surface area contributed by atoms with E-state index in [4.69, 9.17) is 0 Å². The molecule has 4 amide bonds. The standard InChI is InChI=1S/C29H44N4O6/c1-18(24(37)26(38)30-17-19-13-11-10-12-14-19)23(36)20(15-22(35)33(8)9)31-27(39)25(29(5,6)7)32-21(34)16-28(2,3)4/h10-14,18,20,25H,15-17H2,1-9H3,(H,30,38)(H,31,39)(H,32,34)/t18-,20-,25+/m0/s1. The first-order valence-corrected chi connectivity index (χ1v) is 13.0. The van der Waals surface area contributed by atoms with E-state index >= 15 is 0 Å². The molecule has 0 aliphatic heterocycles. The summed E-state index contributed by atoms with van der Waals surface area (Å²) in [6, 6.07) is 6.57. The Labute approximate surface area is 231 Å². The lowest BCUT2D eigenvalue weighted by atomic mass is 9.84. The Morgan fingerprint density at radius 2 is 1.44 bits per heavy atom. The summed E-state index contributed by atoms with van der Waals surface area (Å²) in [7, 11) is 3.00. The van der Waals surface area contributed by atoms with Crippen LogP contribution in [-0.2, 0) is 35.3 Å². The van der Waals surface area contributed by atoms with E-state index in [1.54, 1.807) is 45.0 Å². The van der Waals surface area contributed by atoms with Gasteiger partial charge in [0.1, 0.15) is 6.04 Å². The van der Waals surface area contributed by atoms with Crippen LogP contribution in [0.15, 0.2) is 30.3 Å². The number of carbonyl (C=O) groups excluding carboxylic acids is 6. The van der Waals surface area contributed by atoms with Crippen LogP contribution >= 0.6 is 0 Å². The minimum atomic E-state index is -1.41. The molecule has 0 aliphatic rings. The zero-order valence-electron chi connectivity index (χ0n) is 24.6. The van der Waals surface area contributed by atoms with Crippen molar-refractivity contribution in [3.05, 3.63) is 35.9 Å². The van der Waals surface area contributed by atoms with Crippen molar-refractivity contribution in [3.8, 4) is 0 Å². The molecule has 10 nitrogen and oxygen atoms in total. The Morgan fingerprint density at radius 3 is 1.92 bits per heavy atom. The smallest absolute Gasteiger partial charge is 0.288 e. The Hall–Kier alpha value is -3.56. The first-order chi connectivity index (χ1) is 17.8. The fraction of sp³-hybridized carbons (Fsp3) is 0.586. The Morgan fingerprint density at radius 1 is 0.872 bits per heavy atom. The van der Waals surface area contributed by atoms with Crippen molar-refractivity contribution in [3.63, 3.8) is 0 Å². The van der Waals surface area contributed by atoms with E-state index in [2.05, 4.69) is 16.0 Å². The third kappa shape index (κ3) is 11.4. The summed E-state index contributed by atoms with van der Waals surface area (Å²) in [4.78, 5) is 78.4. The molecule has 0 saturated heterocycles. The summed E-state index contributed by atoms with van der Waals surface area (Å²) < 4.78 is 0. The second-order valence-electron chi connectivity index (χ2n) is 12.3. The molecule has 0 heterocycles. The third-order valence-electron chi connectivity index (χ3n) is 6.00. The second-order valence-corrected chi connectivity index (χ2v) is 12.3. The van der Waals surface area contributed by atoms with Gasteiger partial charge in [-0.25, -0.2) is 0 Å². The molecule has 0 aliphatic carbocycles. The zero-order valence-corrected chi connectivity index (χ0v) is 24.6. The molecule has 10 heteroatoms. The van der Waals surface area contributed by atoms with Crippen LogP contribution in [0.4, 0.5) is 0 Å². The maximum atomic E-state index is 13.4. The average Bonchev–Trinajstić information content (AvgIpc) is 2.82. The highest BCUT2D eigenvalue weighted by Crippen LogP contribution is 2.23. The van der Waals surface area contributed by atoms with E-state index < -0.39 is 59.1 Å². The van der Waals surface area contributed by atoms with Gasteiger partial charge in [-0.3, -0.25) is 28.8 Å². The summed E-state index contributed by atoms with van der Waals surface area (Å²) in [5, 5.41) is 7.82. The van der Waals surface area contributed by atoms with Gasteiger partial charge in [0.2, 0.25) is 23.5 Å². The molecule has 0 fully saturated rings. The van der Waals surface area contributed by atoms with Gasteiger partial charge in [-0.15, -0.1) is 0 Å². The highest BCUT2D eigenvalue weighted by molar-refractivity contribution is 6.40. The molecule has 1 rings (SSSR count). The quantitative estimate of drug-likeness (QED) is 0.271. The molecule has 0 saturated carbocycles. The zero-order chi connectivity index (χ0) is 30.1. The molecular formula is C29H44N4O6. The molecule has 3 atom stereocenters. The van der Waals surface area contributed by atoms with Gasteiger partial charge in [0.15, 0.2) is 5.78 Å². The van der Waals surface area contributed by atoms with Crippen molar-refractivity contribution in [1.29, 1.82) is 0 Å². The number of carbonyl (C=O) groups is 6. The average molecular weight is 545 g/mol. The van der Waals surface area contributed by atoms with Crippen molar-refractivity contribution >= 4 is 35.2 Å². The molecule has 3 N–H and O–H groups in total. The van der Waals surface area contributed by atoms with Gasteiger partial charge in [-0.1, -0.05) is 71.9 Å². The lowest BCUT2D eigenvalue weighted by molar-refractivity contribution is -0.145. The predicted octanol–water partition coefficient (Wildman–Crippen LogP) is 2.01. The fourth-order valence-corrected chi connectivity index (χ4v) is 3.70. The number of rotatable bonds is 12. The van der Waals surface area contributed by atoms with Crippen LogP contribution in [0.25, 0.3) is 0 Å². The van der Waals surface area contributed by atoms with Crippen molar-refractivity contribution in [2.75, 3.05) is 14.1 Å². The van der Waals surface area contributed by atoms with Crippen LogP contribution in [0.3, 0.4) is 0 Å². The number of ketones is 2. The van der Waals surface area contributed by atoms with Gasteiger partial charge < -0.3 is 20.9 Å². The summed E-state index contributed by atoms with van der Waals surface area (Å²) in [5.41, 5.74) is -0.257. The maximum absolute atomic E-state index is 13.4. The van der Waals surface area contributed by atoms with Gasteiger partial charge in [0.05, 0.1) is 18.4 Å².